The second kappa shape index (κ2) is 8.46. The monoisotopic (exact) mass is 279 g/mol. The van der Waals surface area contributed by atoms with Gasteiger partial charge in [-0.05, 0) is 40.5 Å². The van der Waals surface area contributed by atoms with Gasteiger partial charge in [0.1, 0.15) is 0 Å². The normalized spacial score (nSPS) is 14.5. The second-order valence-corrected chi connectivity index (χ2v) is 5.92. The predicted octanol–water partition coefficient (Wildman–Crippen LogP) is 4.53. The number of nitrogens with one attached hydrogen (secondary N) is 1. The molecule has 0 saturated heterocycles. The molecule has 0 amide bonds. The Bertz CT molecular complexity index is 395. The Morgan fingerprint density at radius 1 is 1.10 bits per heavy atom. The fourth-order valence-corrected chi connectivity index (χ4v) is 3.19. The maximum Gasteiger partial charge on any atom is 0.0644 e. The molecule has 0 bridgehead atoms. The number of nitrogens with zero attached hydrogens (tertiary/aromatic N) is 2. The van der Waals surface area contributed by atoms with Crippen molar-refractivity contribution >= 4 is 0 Å². The van der Waals surface area contributed by atoms with E-state index >= 15 is 0 Å². The van der Waals surface area contributed by atoms with Gasteiger partial charge in [0.2, 0.25) is 0 Å². The van der Waals surface area contributed by atoms with Gasteiger partial charge >= 0.3 is 0 Å². The van der Waals surface area contributed by atoms with Crippen LogP contribution in [0.4, 0.5) is 0 Å². The first-order valence-corrected chi connectivity index (χ1v) is 8.34. The average molecular weight is 279 g/mol. The summed E-state index contributed by atoms with van der Waals surface area (Å²) in [6.07, 6.45) is 6.40. The highest BCUT2D eigenvalue weighted by Crippen LogP contribution is 2.23. The zero-order valence-electron chi connectivity index (χ0n) is 14.3. The summed E-state index contributed by atoms with van der Waals surface area (Å²) in [5.41, 5.74) is 3.88. The molecule has 3 nitrogen and oxygen atoms in total. The molecule has 0 aromatic carbocycles. The van der Waals surface area contributed by atoms with E-state index in [1.54, 1.807) is 0 Å². The molecule has 3 heteroatoms. The first kappa shape index (κ1) is 17.2. The third kappa shape index (κ3) is 4.34. The van der Waals surface area contributed by atoms with Crippen LogP contribution in [0, 0.1) is 13.8 Å². The van der Waals surface area contributed by atoms with Gasteiger partial charge in [0.15, 0.2) is 0 Å². The lowest BCUT2D eigenvalue weighted by Gasteiger charge is -2.23. The maximum atomic E-state index is 4.64. The number of aryl methyl sites for hydroxylation is 2. The van der Waals surface area contributed by atoms with E-state index in [9.17, 15) is 0 Å². The highest BCUT2D eigenvalue weighted by Gasteiger charge is 2.19. The van der Waals surface area contributed by atoms with E-state index in [0.29, 0.717) is 12.1 Å². The van der Waals surface area contributed by atoms with Gasteiger partial charge < -0.3 is 5.32 Å². The molecule has 0 saturated carbocycles. The quantitative estimate of drug-likeness (QED) is 0.719. The van der Waals surface area contributed by atoms with E-state index in [4.69, 9.17) is 0 Å². The lowest BCUT2D eigenvalue weighted by atomic mass is 10.0. The van der Waals surface area contributed by atoms with Crippen LogP contribution in [-0.4, -0.2) is 15.8 Å². The number of aromatic nitrogens is 2. The molecule has 0 fully saturated rings. The molecule has 0 spiro atoms. The molecule has 20 heavy (non-hydrogen) atoms. The fourth-order valence-electron chi connectivity index (χ4n) is 3.19. The van der Waals surface area contributed by atoms with Crippen LogP contribution >= 0.6 is 0 Å². The Morgan fingerprint density at radius 3 is 2.30 bits per heavy atom. The number of hydrogen-bond acceptors (Lipinski definition) is 2. The van der Waals surface area contributed by atoms with Crippen LogP contribution in [0.3, 0.4) is 0 Å². The third-order valence-corrected chi connectivity index (χ3v) is 4.20. The van der Waals surface area contributed by atoms with Crippen LogP contribution in [0.1, 0.15) is 82.8 Å². The minimum absolute atomic E-state index is 0.392. The molecule has 1 heterocycles. The number of rotatable bonds is 9. The van der Waals surface area contributed by atoms with Gasteiger partial charge in [0.05, 0.1) is 5.69 Å². The number of hydrogen-bond donors (Lipinski definition) is 1. The van der Waals surface area contributed by atoms with E-state index in [1.165, 1.54) is 49.1 Å². The van der Waals surface area contributed by atoms with Gasteiger partial charge in [-0.1, -0.05) is 33.1 Å². The van der Waals surface area contributed by atoms with Gasteiger partial charge in [0, 0.05) is 29.9 Å². The van der Waals surface area contributed by atoms with Crippen LogP contribution in [0.2, 0.25) is 0 Å². The molecule has 0 radical (unpaired) electrons. The summed E-state index contributed by atoms with van der Waals surface area (Å²) in [5, 5.41) is 8.48. The molecule has 0 aliphatic rings. The van der Waals surface area contributed by atoms with Crippen molar-refractivity contribution in [3.63, 3.8) is 0 Å². The summed E-state index contributed by atoms with van der Waals surface area (Å²) in [7, 11) is 0. The fraction of sp³-hybridized carbons (Fsp3) is 0.824. The summed E-state index contributed by atoms with van der Waals surface area (Å²) in [6.45, 7) is 14.3. The van der Waals surface area contributed by atoms with E-state index in [1.807, 2.05) is 0 Å². The molecule has 2 atom stereocenters. The van der Waals surface area contributed by atoms with Crippen molar-refractivity contribution in [2.45, 2.75) is 92.3 Å². The molecule has 0 aliphatic heterocycles. The van der Waals surface area contributed by atoms with Crippen LogP contribution in [0.5, 0.6) is 0 Å². The lowest BCUT2D eigenvalue weighted by molar-refractivity contribution is 0.394. The molecular formula is C17H33N3. The lowest BCUT2D eigenvalue weighted by Crippen LogP contribution is -2.32. The first-order valence-electron chi connectivity index (χ1n) is 8.34. The molecule has 116 valence electrons. The highest BCUT2D eigenvalue weighted by atomic mass is 15.3. The van der Waals surface area contributed by atoms with E-state index < -0.39 is 0 Å². The van der Waals surface area contributed by atoms with Crippen LogP contribution < -0.4 is 5.32 Å². The van der Waals surface area contributed by atoms with Crippen molar-refractivity contribution in [2.75, 3.05) is 0 Å². The standard InChI is InChI=1S/C17H33N3/c1-7-10-12-16(11-8-2)18-13(4)17-14(5)19-20(9-3)15(17)6/h13,16,18H,7-12H2,1-6H3. The molecule has 1 aromatic rings. The van der Waals surface area contributed by atoms with E-state index in [-0.39, 0.29) is 0 Å². The van der Waals surface area contributed by atoms with E-state index in [0.717, 1.165) is 6.54 Å². The minimum atomic E-state index is 0.392. The Hall–Kier alpha value is -0.830. The van der Waals surface area contributed by atoms with Crippen LogP contribution in [0.15, 0.2) is 0 Å². The van der Waals surface area contributed by atoms with Gasteiger partial charge in [-0.3, -0.25) is 4.68 Å². The average Bonchev–Trinajstić information content (AvgIpc) is 2.70. The predicted molar refractivity (Wildman–Crippen MR) is 87.1 cm³/mol. The zero-order chi connectivity index (χ0) is 15.1. The van der Waals surface area contributed by atoms with Crippen molar-refractivity contribution in [1.82, 2.24) is 15.1 Å². The summed E-state index contributed by atoms with van der Waals surface area (Å²) < 4.78 is 2.11. The summed E-state index contributed by atoms with van der Waals surface area (Å²) in [5.74, 6) is 0. The third-order valence-electron chi connectivity index (χ3n) is 4.20. The van der Waals surface area contributed by atoms with Crippen molar-refractivity contribution in [1.29, 1.82) is 0 Å². The van der Waals surface area contributed by atoms with Crippen LogP contribution in [0.25, 0.3) is 0 Å². The minimum Gasteiger partial charge on any atom is -0.307 e. The van der Waals surface area contributed by atoms with E-state index in [2.05, 4.69) is 56.6 Å². The molecule has 1 rings (SSSR count). The van der Waals surface area contributed by atoms with Gasteiger partial charge in [0.25, 0.3) is 0 Å². The van der Waals surface area contributed by atoms with Gasteiger partial charge in [-0.15, -0.1) is 0 Å². The zero-order valence-corrected chi connectivity index (χ0v) is 14.3. The molecule has 2 unspecified atom stereocenters. The molecule has 0 aliphatic carbocycles. The van der Waals surface area contributed by atoms with Gasteiger partial charge in [-0.2, -0.15) is 5.10 Å². The smallest absolute Gasteiger partial charge is 0.0644 e. The molecule has 1 N–H and O–H groups in total. The first-order chi connectivity index (χ1) is 9.54. The van der Waals surface area contributed by atoms with Gasteiger partial charge in [-0.25, -0.2) is 0 Å². The van der Waals surface area contributed by atoms with Crippen molar-refractivity contribution in [3.8, 4) is 0 Å². The van der Waals surface area contributed by atoms with Crippen LogP contribution in [-0.2, 0) is 6.54 Å². The second-order valence-electron chi connectivity index (χ2n) is 5.92. The highest BCUT2D eigenvalue weighted by molar-refractivity contribution is 5.27. The molecular weight excluding hydrogens is 246 g/mol. The Kier molecular flexibility index (Phi) is 7.28. The summed E-state index contributed by atoms with van der Waals surface area (Å²) >= 11 is 0. The Morgan fingerprint density at radius 2 is 1.80 bits per heavy atom. The Labute approximate surface area is 125 Å². The summed E-state index contributed by atoms with van der Waals surface area (Å²) in [4.78, 5) is 0. The SMILES string of the molecule is CCCCC(CCC)NC(C)c1c(C)nn(CC)c1C. The maximum absolute atomic E-state index is 4.64. The number of unbranched alkanes of at least 4 members (excludes halogenated alkanes) is 1. The van der Waals surface area contributed by atoms with Crippen molar-refractivity contribution in [3.05, 3.63) is 17.0 Å². The largest absolute Gasteiger partial charge is 0.307 e. The topological polar surface area (TPSA) is 29.9 Å². The Balaban J connectivity index is 2.77. The van der Waals surface area contributed by atoms with Crippen molar-refractivity contribution < 1.29 is 0 Å². The van der Waals surface area contributed by atoms with Crippen molar-refractivity contribution in [2.24, 2.45) is 0 Å². The summed E-state index contributed by atoms with van der Waals surface area (Å²) in [6, 6.07) is 1.03. The molecule has 1 aromatic heterocycles.